The summed E-state index contributed by atoms with van der Waals surface area (Å²) >= 11 is 0. The molecular weight excluding hydrogens is 292 g/mol. The Hall–Kier alpha value is -2.08. The van der Waals surface area contributed by atoms with E-state index < -0.39 is 0 Å². The van der Waals surface area contributed by atoms with Gasteiger partial charge in [0.05, 0.1) is 0 Å². The molecule has 1 saturated heterocycles. The predicted molar refractivity (Wildman–Crippen MR) is 91.7 cm³/mol. The Morgan fingerprint density at radius 3 is 2.61 bits per heavy atom. The lowest BCUT2D eigenvalue weighted by Crippen LogP contribution is -2.34. The van der Waals surface area contributed by atoms with Crippen LogP contribution in [0.25, 0.3) is 0 Å². The van der Waals surface area contributed by atoms with Gasteiger partial charge in [-0.1, -0.05) is 0 Å². The standard InChI is InChI=1S/C17H26N4O2/c1-12(2)20-17(23)21-15-5-3-14(4-6-15)16(22)19-10-8-13-7-9-18-11-13/h3-6,12-13,18H,7-11H2,1-2H3,(H,19,22)(H2,20,21,23). The second-order valence-corrected chi connectivity index (χ2v) is 6.23. The zero-order chi connectivity index (χ0) is 16.7. The average Bonchev–Trinajstić information content (AvgIpc) is 3.00. The summed E-state index contributed by atoms with van der Waals surface area (Å²) in [7, 11) is 0. The fraction of sp³-hybridized carbons (Fsp3) is 0.529. The number of benzene rings is 1. The van der Waals surface area contributed by atoms with Gasteiger partial charge in [-0.15, -0.1) is 0 Å². The molecule has 2 rings (SSSR count). The van der Waals surface area contributed by atoms with Crippen molar-refractivity contribution in [2.45, 2.75) is 32.7 Å². The predicted octanol–water partition coefficient (Wildman–Crippen LogP) is 1.95. The number of hydrogen-bond donors (Lipinski definition) is 4. The molecule has 1 aromatic rings. The molecule has 1 aliphatic rings. The van der Waals surface area contributed by atoms with Crippen molar-refractivity contribution in [3.8, 4) is 0 Å². The van der Waals surface area contributed by atoms with Gasteiger partial charge in [-0.05, 0) is 70.0 Å². The number of urea groups is 1. The SMILES string of the molecule is CC(C)NC(=O)Nc1ccc(C(=O)NCCC2CCNC2)cc1. The Morgan fingerprint density at radius 1 is 1.26 bits per heavy atom. The molecule has 1 fully saturated rings. The second-order valence-electron chi connectivity index (χ2n) is 6.23. The molecule has 1 unspecified atom stereocenters. The Morgan fingerprint density at radius 2 is 2.00 bits per heavy atom. The fourth-order valence-corrected chi connectivity index (χ4v) is 2.59. The van der Waals surface area contributed by atoms with Gasteiger partial charge in [0.25, 0.3) is 5.91 Å². The minimum atomic E-state index is -0.248. The largest absolute Gasteiger partial charge is 0.352 e. The number of anilines is 1. The van der Waals surface area contributed by atoms with Crippen LogP contribution in [0, 0.1) is 5.92 Å². The lowest BCUT2D eigenvalue weighted by Gasteiger charge is -2.11. The van der Waals surface area contributed by atoms with Crippen molar-refractivity contribution < 1.29 is 9.59 Å². The normalized spacial score (nSPS) is 17.1. The molecule has 1 heterocycles. The smallest absolute Gasteiger partial charge is 0.319 e. The van der Waals surface area contributed by atoms with Crippen molar-refractivity contribution in [1.82, 2.24) is 16.0 Å². The third-order valence-corrected chi connectivity index (χ3v) is 3.83. The van der Waals surface area contributed by atoms with E-state index in [2.05, 4.69) is 21.3 Å². The molecule has 0 bridgehead atoms. The maximum atomic E-state index is 12.1. The second kappa shape index (κ2) is 8.53. The van der Waals surface area contributed by atoms with Gasteiger partial charge in [-0.25, -0.2) is 4.79 Å². The number of rotatable bonds is 6. The molecule has 0 spiro atoms. The van der Waals surface area contributed by atoms with Gasteiger partial charge >= 0.3 is 6.03 Å². The minimum Gasteiger partial charge on any atom is -0.352 e. The van der Waals surface area contributed by atoms with Crippen LogP contribution in [0.15, 0.2) is 24.3 Å². The zero-order valence-electron chi connectivity index (χ0n) is 13.8. The highest BCUT2D eigenvalue weighted by Crippen LogP contribution is 2.12. The number of nitrogens with one attached hydrogen (secondary N) is 4. The van der Waals surface area contributed by atoms with Crippen molar-refractivity contribution >= 4 is 17.6 Å². The molecule has 1 atom stereocenters. The molecular formula is C17H26N4O2. The van der Waals surface area contributed by atoms with Gasteiger partial charge in [0.1, 0.15) is 0 Å². The highest BCUT2D eigenvalue weighted by molar-refractivity contribution is 5.95. The van der Waals surface area contributed by atoms with Crippen LogP contribution in [-0.4, -0.2) is 37.6 Å². The van der Waals surface area contributed by atoms with Crippen LogP contribution >= 0.6 is 0 Å². The molecule has 0 aromatic heterocycles. The number of amides is 3. The van der Waals surface area contributed by atoms with E-state index >= 15 is 0 Å². The van der Waals surface area contributed by atoms with Crippen LogP contribution in [0.1, 0.15) is 37.0 Å². The van der Waals surface area contributed by atoms with Crippen LogP contribution in [0.3, 0.4) is 0 Å². The molecule has 23 heavy (non-hydrogen) atoms. The van der Waals surface area contributed by atoms with Gasteiger partial charge in [-0.2, -0.15) is 0 Å². The van der Waals surface area contributed by atoms with Gasteiger partial charge in [0.15, 0.2) is 0 Å². The highest BCUT2D eigenvalue weighted by atomic mass is 16.2. The van der Waals surface area contributed by atoms with E-state index in [1.807, 2.05) is 13.8 Å². The van der Waals surface area contributed by atoms with Crippen LogP contribution in [-0.2, 0) is 0 Å². The third-order valence-electron chi connectivity index (χ3n) is 3.83. The first-order chi connectivity index (χ1) is 11.0. The first-order valence-corrected chi connectivity index (χ1v) is 8.21. The van der Waals surface area contributed by atoms with E-state index in [0.717, 1.165) is 19.5 Å². The summed E-state index contributed by atoms with van der Waals surface area (Å²) in [5.41, 5.74) is 1.26. The Kier molecular flexibility index (Phi) is 6.40. The molecule has 6 heteroatoms. The number of carbonyl (C=O) groups excluding carboxylic acids is 2. The van der Waals surface area contributed by atoms with Gasteiger partial charge < -0.3 is 21.3 Å². The lowest BCUT2D eigenvalue weighted by molar-refractivity contribution is 0.0951. The zero-order valence-corrected chi connectivity index (χ0v) is 13.8. The molecule has 4 N–H and O–H groups in total. The van der Waals surface area contributed by atoms with E-state index in [1.165, 1.54) is 6.42 Å². The van der Waals surface area contributed by atoms with E-state index in [-0.39, 0.29) is 18.0 Å². The Bertz CT molecular complexity index is 522. The maximum Gasteiger partial charge on any atom is 0.319 e. The molecule has 6 nitrogen and oxygen atoms in total. The summed E-state index contributed by atoms with van der Waals surface area (Å²) in [5.74, 6) is 0.593. The summed E-state index contributed by atoms with van der Waals surface area (Å²) in [4.78, 5) is 23.7. The molecule has 3 amide bonds. The van der Waals surface area contributed by atoms with Gasteiger partial charge in [-0.3, -0.25) is 4.79 Å². The van der Waals surface area contributed by atoms with Crippen LogP contribution in [0.4, 0.5) is 10.5 Å². The van der Waals surface area contributed by atoms with E-state index in [0.29, 0.717) is 23.7 Å². The topological polar surface area (TPSA) is 82.3 Å². The van der Waals surface area contributed by atoms with Crippen molar-refractivity contribution in [2.75, 3.05) is 25.0 Å². The van der Waals surface area contributed by atoms with Gasteiger partial charge in [0, 0.05) is 23.8 Å². The molecule has 0 saturated carbocycles. The lowest BCUT2D eigenvalue weighted by atomic mass is 10.1. The fourth-order valence-electron chi connectivity index (χ4n) is 2.59. The molecule has 1 aliphatic heterocycles. The maximum absolute atomic E-state index is 12.1. The molecule has 0 radical (unpaired) electrons. The monoisotopic (exact) mass is 318 g/mol. The first kappa shape index (κ1) is 17.3. The van der Waals surface area contributed by atoms with Crippen molar-refractivity contribution in [3.63, 3.8) is 0 Å². The van der Waals surface area contributed by atoms with E-state index in [9.17, 15) is 9.59 Å². The van der Waals surface area contributed by atoms with Crippen LogP contribution in [0.5, 0.6) is 0 Å². The van der Waals surface area contributed by atoms with Gasteiger partial charge in [0.2, 0.25) is 0 Å². The molecule has 0 aliphatic carbocycles. The van der Waals surface area contributed by atoms with Crippen molar-refractivity contribution in [3.05, 3.63) is 29.8 Å². The summed E-state index contributed by atoms with van der Waals surface area (Å²) in [5, 5.41) is 11.7. The van der Waals surface area contributed by atoms with E-state index in [4.69, 9.17) is 0 Å². The molecule has 1 aromatic carbocycles. The molecule has 126 valence electrons. The Balaban J connectivity index is 1.76. The third kappa shape index (κ3) is 5.90. The quantitative estimate of drug-likeness (QED) is 0.647. The summed E-state index contributed by atoms with van der Waals surface area (Å²) in [6.07, 6.45) is 2.20. The van der Waals surface area contributed by atoms with E-state index in [1.54, 1.807) is 24.3 Å². The Labute approximate surface area is 137 Å². The summed E-state index contributed by atoms with van der Waals surface area (Å²) in [6, 6.07) is 6.73. The van der Waals surface area contributed by atoms with Crippen LogP contribution in [0.2, 0.25) is 0 Å². The average molecular weight is 318 g/mol. The number of carbonyl (C=O) groups is 2. The number of hydrogen-bond acceptors (Lipinski definition) is 3. The summed E-state index contributed by atoms with van der Waals surface area (Å²) < 4.78 is 0. The highest BCUT2D eigenvalue weighted by Gasteiger charge is 2.14. The van der Waals surface area contributed by atoms with Crippen molar-refractivity contribution in [2.24, 2.45) is 5.92 Å². The van der Waals surface area contributed by atoms with Crippen LogP contribution < -0.4 is 21.3 Å². The first-order valence-electron chi connectivity index (χ1n) is 8.21. The van der Waals surface area contributed by atoms with Crippen molar-refractivity contribution in [1.29, 1.82) is 0 Å². The summed E-state index contributed by atoms with van der Waals surface area (Å²) in [6.45, 7) is 6.62. The minimum absolute atomic E-state index is 0.0749.